The summed E-state index contributed by atoms with van der Waals surface area (Å²) < 4.78 is 39.6. The Kier molecular flexibility index (Phi) is 12.7. The lowest BCUT2D eigenvalue weighted by atomic mass is 10.0. The first kappa shape index (κ1) is 29.2. The van der Waals surface area contributed by atoms with E-state index in [1.165, 1.54) is 35.5 Å². The molecule has 0 fully saturated rings. The Morgan fingerprint density at radius 1 is 0.971 bits per heavy atom. The van der Waals surface area contributed by atoms with Crippen LogP contribution >= 0.6 is 11.8 Å². The van der Waals surface area contributed by atoms with Gasteiger partial charge in [0.05, 0.1) is 6.61 Å². The molecule has 0 spiro atoms. The predicted molar refractivity (Wildman–Crippen MR) is 144 cm³/mol. The van der Waals surface area contributed by atoms with Crippen molar-refractivity contribution in [3.05, 3.63) is 65.7 Å². The van der Waals surface area contributed by atoms with Gasteiger partial charge in [-0.25, -0.2) is 9.08 Å². The minimum absolute atomic E-state index is 0.0832. The lowest BCUT2D eigenvalue weighted by Gasteiger charge is -2.21. The molecule has 35 heavy (non-hydrogen) atoms. The number of hydrogen-bond acceptors (Lipinski definition) is 7. The molecule has 0 bridgehead atoms. The molecule has 0 amide bonds. The van der Waals surface area contributed by atoms with Gasteiger partial charge in [0, 0.05) is 16.0 Å². The molecule has 0 saturated heterocycles. The summed E-state index contributed by atoms with van der Waals surface area (Å²) >= 11 is 0.907. The molecular weight excluding hydrogens is 506 g/mol. The molecule has 192 valence electrons. The molecule has 0 aromatic heterocycles. The van der Waals surface area contributed by atoms with Crippen molar-refractivity contribution < 1.29 is 26.8 Å². The molecular formula is C25H34NO6S3+. The van der Waals surface area contributed by atoms with E-state index in [4.69, 9.17) is 9.29 Å². The average Bonchev–Trinajstić information content (AvgIpc) is 2.84. The van der Waals surface area contributed by atoms with Crippen molar-refractivity contribution in [2.45, 2.75) is 56.6 Å². The summed E-state index contributed by atoms with van der Waals surface area (Å²) in [6.45, 7) is 6.15. The van der Waals surface area contributed by atoms with Crippen LogP contribution in [-0.4, -0.2) is 42.1 Å². The van der Waals surface area contributed by atoms with E-state index >= 15 is 0 Å². The summed E-state index contributed by atoms with van der Waals surface area (Å²) in [5, 5.41) is 3.22. The number of carbonyl (C=O) groups is 1. The molecule has 1 N–H and O–H groups in total. The van der Waals surface area contributed by atoms with Gasteiger partial charge in [0.1, 0.15) is 11.5 Å². The monoisotopic (exact) mass is 540 g/mol. The molecule has 7 nitrogen and oxygen atoms in total. The molecule has 2 rings (SSSR count). The number of oxime groups is 1. The largest absolute Gasteiger partial charge is 0.466 e. The van der Waals surface area contributed by atoms with Crippen molar-refractivity contribution >= 4 is 44.1 Å². The molecule has 10 heteroatoms. The minimum Gasteiger partial charge on any atom is -0.461 e. The summed E-state index contributed by atoms with van der Waals surface area (Å²) in [6, 6.07) is 18.4. The van der Waals surface area contributed by atoms with Crippen LogP contribution in [0, 0.1) is 0 Å². The highest BCUT2D eigenvalue weighted by Gasteiger charge is 2.32. The molecule has 0 radical (unpaired) electrons. The van der Waals surface area contributed by atoms with E-state index in [9.17, 15) is 13.2 Å². The third-order valence-electron chi connectivity index (χ3n) is 5.02. The van der Waals surface area contributed by atoms with Crippen molar-refractivity contribution in [3.8, 4) is 0 Å². The summed E-state index contributed by atoms with van der Waals surface area (Å²) in [4.78, 5) is 12.8. The number of nitrogens with zero attached hydrogens (tertiary/aromatic N) is 1. The third kappa shape index (κ3) is 10.2. The van der Waals surface area contributed by atoms with Gasteiger partial charge >= 0.3 is 16.4 Å². The highest BCUT2D eigenvalue weighted by molar-refractivity contribution is 8.15. The molecule has 0 aliphatic heterocycles. The third-order valence-corrected chi connectivity index (χ3v) is 9.06. The Morgan fingerprint density at radius 2 is 1.54 bits per heavy atom. The number of carbonyl (C=O) groups excluding carboxylic acids is 1. The van der Waals surface area contributed by atoms with Crippen molar-refractivity contribution in [1.29, 1.82) is 0 Å². The smallest absolute Gasteiger partial charge is 0.461 e. The van der Waals surface area contributed by atoms with Gasteiger partial charge < -0.3 is 4.74 Å². The highest BCUT2D eigenvalue weighted by atomic mass is 32.3. The molecule has 0 saturated carbocycles. The van der Waals surface area contributed by atoms with Crippen LogP contribution < -0.4 is 0 Å². The second-order valence-electron chi connectivity index (χ2n) is 7.73. The first-order chi connectivity index (χ1) is 16.8. The van der Waals surface area contributed by atoms with Crippen LogP contribution in [0.3, 0.4) is 0 Å². The first-order valence-electron chi connectivity index (χ1n) is 11.7. The van der Waals surface area contributed by atoms with E-state index in [2.05, 4.69) is 47.6 Å². The van der Waals surface area contributed by atoms with Gasteiger partial charge in [0.2, 0.25) is 5.04 Å². The van der Waals surface area contributed by atoms with Gasteiger partial charge in [0.15, 0.2) is 5.25 Å². The molecule has 0 heterocycles. The maximum Gasteiger partial charge on any atom is 0.466 e. The number of ether oxygens (including phenoxy) is 1. The molecule has 1 atom stereocenters. The summed E-state index contributed by atoms with van der Waals surface area (Å²) in [5.74, 6) is 1.52. The van der Waals surface area contributed by atoms with Gasteiger partial charge in [-0.05, 0) is 47.9 Å². The van der Waals surface area contributed by atoms with Gasteiger partial charge in [-0.15, -0.1) is 0 Å². The topological polar surface area (TPSA) is 102 Å². The van der Waals surface area contributed by atoms with E-state index in [1.807, 2.05) is 30.3 Å². The minimum atomic E-state index is -4.84. The summed E-state index contributed by atoms with van der Waals surface area (Å²) in [5.41, 5.74) is 2.48. The van der Waals surface area contributed by atoms with E-state index in [1.54, 1.807) is 6.92 Å². The lowest BCUT2D eigenvalue weighted by molar-refractivity contribution is -0.134. The second-order valence-corrected chi connectivity index (χ2v) is 12.2. The number of thioether (sulfide) groups is 1. The summed E-state index contributed by atoms with van der Waals surface area (Å²) in [6.07, 6.45) is 4.71. The fourth-order valence-electron chi connectivity index (χ4n) is 3.40. The van der Waals surface area contributed by atoms with Gasteiger partial charge in [-0.2, -0.15) is 8.42 Å². The Balaban J connectivity index is 2.35. The van der Waals surface area contributed by atoms with Gasteiger partial charge in [-0.1, -0.05) is 80.9 Å². The maximum atomic E-state index is 12.2. The first-order valence-corrected chi connectivity index (χ1v) is 15.5. The fraction of sp³-hybridized carbons (Fsp3) is 0.440. The van der Waals surface area contributed by atoms with Crippen LogP contribution in [-0.2, 0) is 35.1 Å². The van der Waals surface area contributed by atoms with E-state index in [-0.39, 0.29) is 27.8 Å². The maximum absolute atomic E-state index is 12.2. The molecule has 0 aliphatic rings. The quantitative estimate of drug-likeness (QED) is 0.0653. The van der Waals surface area contributed by atoms with Crippen molar-refractivity contribution in [1.82, 2.24) is 0 Å². The van der Waals surface area contributed by atoms with Crippen LogP contribution in [0.25, 0.3) is 0 Å². The average molecular weight is 541 g/mol. The highest BCUT2D eigenvalue weighted by Crippen LogP contribution is 2.35. The van der Waals surface area contributed by atoms with Crippen molar-refractivity contribution in [2.24, 2.45) is 5.16 Å². The number of hydrogen-bond donors (Lipinski definition) is 1. The predicted octanol–water partition coefficient (Wildman–Crippen LogP) is 5.78. The van der Waals surface area contributed by atoms with Crippen LogP contribution in [0.15, 0.2) is 64.6 Å². The van der Waals surface area contributed by atoms with E-state index in [0.29, 0.717) is 4.90 Å². The van der Waals surface area contributed by atoms with Crippen molar-refractivity contribution in [2.75, 3.05) is 18.1 Å². The Bertz CT molecular complexity index is 1030. The van der Waals surface area contributed by atoms with Gasteiger partial charge in [0.25, 0.3) is 0 Å². The Morgan fingerprint density at radius 3 is 2.06 bits per heavy atom. The molecule has 2 aromatic carbocycles. The van der Waals surface area contributed by atoms with Crippen LogP contribution in [0.2, 0.25) is 0 Å². The standard InChI is InChI=1S/C25H33NO6S3/c1-4-7-18-34(19-8-5-2)23(20-12-10-9-11-13-20)21-14-16-22(17-15-21)33-24(25(27)31-6-3)26-32-35(28,29)30/h9-17,23H,4-8,18-19H2,1-3H3/p+1/b26-24-. The number of esters is 1. The SMILES string of the molecule is CCCC[S+](CCCC)C(c1ccccc1)c1ccc(S/C(=N\OS(=O)(=O)O)C(=O)OCC)cc1. The van der Waals surface area contributed by atoms with Gasteiger partial charge in [-0.3, -0.25) is 4.55 Å². The number of rotatable bonds is 13. The number of unbranched alkanes of at least 4 members (excludes halogenated alkanes) is 2. The van der Waals surface area contributed by atoms with Crippen LogP contribution in [0.1, 0.15) is 62.8 Å². The zero-order valence-corrected chi connectivity index (χ0v) is 22.8. The van der Waals surface area contributed by atoms with E-state index in [0.717, 1.165) is 24.6 Å². The van der Waals surface area contributed by atoms with Crippen LogP contribution in [0.4, 0.5) is 0 Å². The summed E-state index contributed by atoms with van der Waals surface area (Å²) in [7, 11) is -4.66. The van der Waals surface area contributed by atoms with Crippen molar-refractivity contribution in [3.63, 3.8) is 0 Å². The Labute approximate surface area is 216 Å². The van der Waals surface area contributed by atoms with Crippen LogP contribution in [0.5, 0.6) is 0 Å². The molecule has 2 aromatic rings. The zero-order chi connectivity index (χ0) is 25.7. The fourth-order valence-corrected chi connectivity index (χ4v) is 7.40. The molecule has 1 unspecified atom stereocenters. The zero-order valence-electron chi connectivity index (χ0n) is 20.4. The Hall–Kier alpha value is -2.01. The second kappa shape index (κ2) is 15.2. The molecule has 0 aliphatic carbocycles. The lowest BCUT2D eigenvalue weighted by Crippen LogP contribution is -2.22. The number of benzene rings is 2. The van der Waals surface area contributed by atoms with E-state index < -0.39 is 16.4 Å². The normalized spacial score (nSPS) is 13.0.